The maximum Gasteiger partial charge on any atom is 0.268 e. The summed E-state index contributed by atoms with van der Waals surface area (Å²) in [6.07, 6.45) is 11.5. The van der Waals surface area contributed by atoms with Crippen LogP contribution in [0.2, 0.25) is 0 Å². The number of nitrogens with zero attached hydrogens (tertiary/aromatic N) is 2. The van der Waals surface area contributed by atoms with Crippen LogP contribution >= 0.6 is 0 Å². The van der Waals surface area contributed by atoms with Gasteiger partial charge in [-0.1, -0.05) is 6.07 Å². The second kappa shape index (κ2) is 7.05. The Morgan fingerprint density at radius 2 is 2.00 bits per heavy atom. The third-order valence-electron chi connectivity index (χ3n) is 9.78. The normalized spacial score (nSPS) is 36.5. The Bertz CT molecular complexity index is 1130. The minimum absolute atomic E-state index is 0.0210. The van der Waals surface area contributed by atoms with E-state index in [1.807, 2.05) is 18.2 Å². The smallest absolute Gasteiger partial charge is 0.268 e. The van der Waals surface area contributed by atoms with E-state index in [4.69, 9.17) is 4.74 Å². The number of rotatable bonds is 5. The molecule has 2 aromatic heterocycles. The number of anilines is 1. The van der Waals surface area contributed by atoms with Gasteiger partial charge >= 0.3 is 0 Å². The molecule has 2 aromatic rings. The van der Waals surface area contributed by atoms with Gasteiger partial charge < -0.3 is 15.4 Å². The lowest BCUT2D eigenvalue weighted by Gasteiger charge is -2.49. The van der Waals surface area contributed by atoms with Gasteiger partial charge in [-0.05, 0) is 92.1 Å². The summed E-state index contributed by atoms with van der Waals surface area (Å²) < 4.78 is 7.15. The Balaban J connectivity index is 1.07. The molecule has 0 aromatic carbocycles. The molecule has 5 atom stereocenters. The van der Waals surface area contributed by atoms with Gasteiger partial charge in [-0.15, -0.1) is 0 Å². The number of amides is 2. The highest BCUT2D eigenvalue weighted by Gasteiger charge is 2.70. The maximum atomic E-state index is 13.3. The molecule has 3 bridgehead atoms. The third-order valence-corrected chi connectivity index (χ3v) is 9.78. The van der Waals surface area contributed by atoms with Crippen molar-refractivity contribution in [3.8, 4) is 0 Å². The Morgan fingerprint density at radius 3 is 2.88 bits per heavy atom. The SMILES string of the molecule is O=C(NCC12CC3CC4CC(C1)C4(C3)C2)c1cccc2nc(NC(=O)C3CCOCC3)cn12. The van der Waals surface area contributed by atoms with Crippen LogP contribution < -0.4 is 10.6 Å². The summed E-state index contributed by atoms with van der Waals surface area (Å²) >= 11 is 0. The highest BCUT2D eigenvalue weighted by molar-refractivity contribution is 5.94. The molecule has 5 aliphatic rings. The Labute approximate surface area is 193 Å². The van der Waals surface area contributed by atoms with Crippen molar-refractivity contribution in [2.24, 2.45) is 34.5 Å². The van der Waals surface area contributed by atoms with Crippen molar-refractivity contribution < 1.29 is 14.3 Å². The minimum Gasteiger partial charge on any atom is -0.381 e. The second-order valence-corrected chi connectivity index (χ2v) is 11.6. The average molecular weight is 449 g/mol. The summed E-state index contributed by atoms with van der Waals surface area (Å²) in [6, 6.07) is 5.57. The monoisotopic (exact) mass is 448 g/mol. The van der Waals surface area contributed by atoms with E-state index in [0.717, 1.165) is 37.1 Å². The molecular weight excluding hydrogens is 416 g/mol. The number of hydrogen-bond acceptors (Lipinski definition) is 4. The van der Waals surface area contributed by atoms with Crippen molar-refractivity contribution >= 4 is 23.3 Å². The van der Waals surface area contributed by atoms with Crippen molar-refractivity contribution in [1.29, 1.82) is 0 Å². The van der Waals surface area contributed by atoms with E-state index in [1.165, 1.54) is 38.5 Å². The molecule has 1 spiro atoms. The van der Waals surface area contributed by atoms with E-state index < -0.39 is 0 Å². The zero-order valence-corrected chi connectivity index (χ0v) is 19.0. The number of carbonyl (C=O) groups excluding carboxylic acids is 2. The highest BCUT2D eigenvalue weighted by atomic mass is 16.5. The molecule has 2 amide bonds. The Kier molecular flexibility index (Phi) is 4.27. The van der Waals surface area contributed by atoms with E-state index in [9.17, 15) is 9.59 Å². The van der Waals surface area contributed by atoms with Gasteiger partial charge in [-0.3, -0.25) is 14.0 Å². The van der Waals surface area contributed by atoms with Crippen LogP contribution in [0.1, 0.15) is 61.9 Å². The fourth-order valence-electron chi connectivity index (χ4n) is 8.55. The minimum atomic E-state index is -0.0547. The molecule has 3 heterocycles. The Morgan fingerprint density at radius 1 is 1.12 bits per heavy atom. The molecule has 4 aliphatic carbocycles. The summed E-state index contributed by atoms with van der Waals surface area (Å²) in [5.41, 5.74) is 2.17. The number of aromatic nitrogens is 2. The van der Waals surface area contributed by atoms with Gasteiger partial charge in [0.15, 0.2) is 5.82 Å². The van der Waals surface area contributed by atoms with E-state index in [0.29, 0.717) is 41.2 Å². The number of carbonyl (C=O) groups is 2. The molecule has 7 heteroatoms. The van der Waals surface area contributed by atoms with Crippen LogP contribution in [-0.2, 0) is 9.53 Å². The zero-order valence-electron chi connectivity index (χ0n) is 19.0. The van der Waals surface area contributed by atoms with Gasteiger partial charge in [0.05, 0.1) is 6.20 Å². The van der Waals surface area contributed by atoms with Crippen molar-refractivity contribution in [2.75, 3.05) is 25.1 Å². The first-order chi connectivity index (χ1) is 16.0. The molecular formula is C26H32N4O3. The standard InChI is InChI=1S/C26H32N4O3/c31-23(17-4-6-33-7-5-17)29-21-13-30-20(2-1-3-22(30)28-21)24(32)27-15-25-10-16-8-18-9-19(12-25)26(18,11-16)14-25/h1-3,13,16-19H,4-12,14-15H2,(H,27,32)(H,29,31). The quantitative estimate of drug-likeness (QED) is 0.731. The molecule has 7 nitrogen and oxygen atoms in total. The lowest BCUT2D eigenvalue weighted by Crippen LogP contribution is -2.43. The van der Waals surface area contributed by atoms with Crippen LogP contribution in [0.4, 0.5) is 5.82 Å². The van der Waals surface area contributed by atoms with Gasteiger partial charge in [0.25, 0.3) is 5.91 Å². The summed E-state index contributed by atoms with van der Waals surface area (Å²) in [7, 11) is 0. The number of nitrogens with one attached hydrogen (secondary N) is 2. The lowest BCUT2D eigenvalue weighted by atomic mass is 9.55. The first-order valence-corrected chi connectivity index (χ1v) is 12.7. The fourth-order valence-corrected chi connectivity index (χ4v) is 8.55. The molecule has 5 fully saturated rings. The van der Waals surface area contributed by atoms with Crippen molar-refractivity contribution in [2.45, 2.75) is 51.4 Å². The number of pyridine rings is 1. The van der Waals surface area contributed by atoms with E-state index in [1.54, 1.807) is 10.6 Å². The molecule has 33 heavy (non-hydrogen) atoms. The largest absolute Gasteiger partial charge is 0.381 e. The van der Waals surface area contributed by atoms with Gasteiger partial charge in [0, 0.05) is 25.7 Å². The van der Waals surface area contributed by atoms with E-state index in [-0.39, 0.29) is 17.7 Å². The Hall–Kier alpha value is -2.41. The summed E-state index contributed by atoms with van der Waals surface area (Å²) in [4.78, 5) is 30.4. The van der Waals surface area contributed by atoms with Crippen LogP contribution in [0.25, 0.3) is 5.65 Å². The summed E-state index contributed by atoms with van der Waals surface area (Å²) in [5.74, 6) is 3.14. The van der Waals surface area contributed by atoms with Crippen LogP contribution in [-0.4, -0.2) is 41.0 Å². The molecule has 1 saturated heterocycles. The lowest BCUT2D eigenvalue weighted by molar-refractivity contribution is -0.122. The fraction of sp³-hybridized carbons (Fsp3) is 0.654. The second-order valence-electron chi connectivity index (χ2n) is 11.6. The molecule has 5 unspecified atom stereocenters. The van der Waals surface area contributed by atoms with Crippen LogP contribution in [0.15, 0.2) is 24.4 Å². The number of hydrogen-bond donors (Lipinski definition) is 2. The number of ether oxygens (including phenoxy) is 1. The summed E-state index contributed by atoms with van der Waals surface area (Å²) in [6.45, 7) is 2.03. The molecule has 1 aliphatic heterocycles. The first kappa shape index (κ1) is 20.0. The van der Waals surface area contributed by atoms with Crippen molar-refractivity contribution in [3.05, 3.63) is 30.1 Å². The predicted molar refractivity (Wildman–Crippen MR) is 123 cm³/mol. The highest BCUT2D eigenvalue weighted by Crippen LogP contribution is 2.78. The van der Waals surface area contributed by atoms with E-state index in [2.05, 4.69) is 15.6 Å². The maximum absolute atomic E-state index is 13.3. The zero-order chi connectivity index (χ0) is 22.2. The molecule has 7 rings (SSSR count). The number of fused-ring (bicyclic) bond motifs is 3. The van der Waals surface area contributed by atoms with Gasteiger partial charge in [-0.2, -0.15) is 0 Å². The van der Waals surface area contributed by atoms with Crippen LogP contribution in [0.3, 0.4) is 0 Å². The van der Waals surface area contributed by atoms with E-state index >= 15 is 0 Å². The van der Waals surface area contributed by atoms with Crippen LogP contribution in [0, 0.1) is 34.5 Å². The number of imidazole rings is 1. The molecule has 2 N–H and O–H groups in total. The molecule has 174 valence electrons. The predicted octanol–water partition coefficient (Wildman–Crippen LogP) is 3.65. The summed E-state index contributed by atoms with van der Waals surface area (Å²) in [5, 5.41) is 6.24. The first-order valence-electron chi connectivity index (χ1n) is 12.7. The van der Waals surface area contributed by atoms with Gasteiger partial charge in [-0.25, -0.2) is 4.98 Å². The van der Waals surface area contributed by atoms with Gasteiger partial charge in [0.2, 0.25) is 5.91 Å². The molecule has 4 saturated carbocycles. The van der Waals surface area contributed by atoms with Gasteiger partial charge in [0.1, 0.15) is 11.3 Å². The van der Waals surface area contributed by atoms with Crippen LogP contribution in [0.5, 0.6) is 0 Å². The molecule has 0 radical (unpaired) electrons. The topological polar surface area (TPSA) is 84.7 Å². The average Bonchev–Trinajstić information content (AvgIpc) is 3.38. The third kappa shape index (κ3) is 3.00. The van der Waals surface area contributed by atoms with Crippen molar-refractivity contribution in [3.63, 3.8) is 0 Å². The van der Waals surface area contributed by atoms with Crippen molar-refractivity contribution in [1.82, 2.24) is 14.7 Å².